The zero-order valence-electron chi connectivity index (χ0n) is 11.7. The summed E-state index contributed by atoms with van der Waals surface area (Å²) >= 11 is 1.62. The SMILES string of the molecule is CN(CC1CC1)CC1CCN(Cc2cnc(N)s2)C1. The quantitative estimate of drug-likeness (QED) is 0.864. The number of hydrogen-bond donors (Lipinski definition) is 1. The van der Waals surface area contributed by atoms with Gasteiger partial charge in [0, 0.05) is 37.3 Å². The van der Waals surface area contributed by atoms with Crippen LogP contribution in [0.3, 0.4) is 0 Å². The molecule has 0 spiro atoms. The minimum atomic E-state index is 0.690. The molecule has 2 fully saturated rings. The van der Waals surface area contributed by atoms with E-state index < -0.39 is 0 Å². The Morgan fingerprint density at radius 3 is 2.84 bits per heavy atom. The van der Waals surface area contributed by atoms with Gasteiger partial charge in [-0.3, -0.25) is 4.90 Å². The van der Waals surface area contributed by atoms with Crippen molar-refractivity contribution in [2.24, 2.45) is 11.8 Å². The topological polar surface area (TPSA) is 45.4 Å². The van der Waals surface area contributed by atoms with Crippen molar-refractivity contribution >= 4 is 16.5 Å². The molecule has 106 valence electrons. The third-order valence-corrected chi connectivity index (χ3v) is 4.97. The fourth-order valence-electron chi connectivity index (χ4n) is 3.08. The zero-order valence-corrected chi connectivity index (χ0v) is 12.5. The molecule has 1 saturated carbocycles. The fourth-order valence-corrected chi connectivity index (χ4v) is 3.80. The fraction of sp³-hybridized carbons (Fsp3) is 0.786. The first-order chi connectivity index (χ1) is 9.19. The smallest absolute Gasteiger partial charge is 0.180 e. The Hall–Kier alpha value is -0.650. The number of nitrogen functional groups attached to an aromatic ring is 1. The maximum absolute atomic E-state index is 5.68. The Morgan fingerprint density at radius 1 is 1.37 bits per heavy atom. The summed E-state index contributed by atoms with van der Waals surface area (Å²) in [5.74, 6) is 1.84. The lowest BCUT2D eigenvalue weighted by atomic mass is 10.1. The lowest BCUT2D eigenvalue weighted by molar-refractivity contribution is 0.254. The highest BCUT2D eigenvalue weighted by molar-refractivity contribution is 7.15. The first kappa shape index (κ1) is 13.3. The highest BCUT2D eigenvalue weighted by atomic mass is 32.1. The highest BCUT2D eigenvalue weighted by Gasteiger charge is 2.27. The van der Waals surface area contributed by atoms with Gasteiger partial charge in [0.25, 0.3) is 0 Å². The summed E-state index contributed by atoms with van der Waals surface area (Å²) in [5, 5.41) is 0.690. The van der Waals surface area contributed by atoms with E-state index in [1.165, 1.54) is 50.3 Å². The molecular formula is C14H24N4S. The second-order valence-electron chi connectivity index (χ2n) is 6.22. The Balaban J connectivity index is 1.41. The molecule has 19 heavy (non-hydrogen) atoms. The number of nitrogens with two attached hydrogens (primary N) is 1. The number of rotatable bonds is 6. The standard InChI is InChI=1S/C14H24N4S/c1-17(7-11-2-3-11)8-12-4-5-18(9-12)10-13-6-16-14(15)19-13/h6,11-12H,2-5,7-10H2,1H3,(H2,15,16). The Kier molecular flexibility index (Phi) is 4.05. The van der Waals surface area contributed by atoms with E-state index in [9.17, 15) is 0 Å². The molecule has 1 aromatic heterocycles. The van der Waals surface area contributed by atoms with Gasteiger partial charge in [0.1, 0.15) is 0 Å². The maximum atomic E-state index is 5.68. The van der Waals surface area contributed by atoms with Crippen LogP contribution in [-0.2, 0) is 6.54 Å². The van der Waals surface area contributed by atoms with Crippen molar-refractivity contribution in [2.45, 2.75) is 25.8 Å². The molecule has 1 unspecified atom stereocenters. The normalized spacial score (nSPS) is 24.4. The van der Waals surface area contributed by atoms with Gasteiger partial charge in [-0.05, 0) is 44.7 Å². The van der Waals surface area contributed by atoms with Crippen LogP contribution in [0, 0.1) is 11.8 Å². The lowest BCUT2D eigenvalue weighted by Gasteiger charge is -2.21. The molecule has 1 saturated heterocycles. The van der Waals surface area contributed by atoms with Crippen LogP contribution >= 0.6 is 11.3 Å². The van der Waals surface area contributed by atoms with Crippen molar-refractivity contribution in [1.29, 1.82) is 0 Å². The largest absolute Gasteiger partial charge is 0.375 e. The van der Waals surface area contributed by atoms with Crippen molar-refractivity contribution in [1.82, 2.24) is 14.8 Å². The van der Waals surface area contributed by atoms with Gasteiger partial charge in [-0.15, -0.1) is 11.3 Å². The molecule has 0 amide bonds. The third-order valence-electron chi connectivity index (χ3n) is 4.16. The molecule has 0 aromatic carbocycles. The molecule has 1 atom stereocenters. The molecule has 2 heterocycles. The van der Waals surface area contributed by atoms with Gasteiger partial charge in [0.05, 0.1) is 0 Å². The highest BCUT2D eigenvalue weighted by Crippen LogP contribution is 2.30. The summed E-state index contributed by atoms with van der Waals surface area (Å²) in [7, 11) is 2.28. The monoisotopic (exact) mass is 280 g/mol. The summed E-state index contributed by atoms with van der Waals surface area (Å²) in [4.78, 5) is 10.5. The average molecular weight is 280 g/mol. The van der Waals surface area contributed by atoms with Gasteiger partial charge in [-0.1, -0.05) is 0 Å². The van der Waals surface area contributed by atoms with E-state index in [2.05, 4.69) is 21.8 Å². The van der Waals surface area contributed by atoms with Crippen LogP contribution in [0.4, 0.5) is 5.13 Å². The van der Waals surface area contributed by atoms with E-state index in [1.54, 1.807) is 11.3 Å². The van der Waals surface area contributed by atoms with Crippen molar-refractivity contribution in [3.8, 4) is 0 Å². The second kappa shape index (κ2) is 5.77. The van der Waals surface area contributed by atoms with Gasteiger partial charge in [0.2, 0.25) is 0 Å². The first-order valence-corrected chi connectivity index (χ1v) is 8.12. The molecule has 1 aromatic rings. The Labute approximate surface area is 119 Å². The average Bonchev–Trinajstić information content (AvgIpc) is 2.90. The van der Waals surface area contributed by atoms with E-state index in [0.717, 1.165) is 18.4 Å². The number of nitrogens with zero attached hydrogens (tertiary/aromatic N) is 3. The number of aromatic nitrogens is 1. The van der Waals surface area contributed by atoms with Crippen molar-refractivity contribution < 1.29 is 0 Å². The van der Waals surface area contributed by atoms with E-state index in [0.29, 0.717) is 5.13 Å². The van der Waals surface area contributed by atoms with Crippen molar-refractivity contribution in [3.05, 3.63) is 11.1 Å². The van der Waals surface area contributed by atoms with Gasteiger partial charge in [0.15, 0.2) is 5.13 Å². The van der Waals surface area contributed by atoms with Crippen molar-refractivity contribution in [3.63, 3.8) is 0 Å². The molecule has 3 rings (SSSR count). The van der Waals surface area contributed by atoms with Crippen LogP contribution in [-0.4, -0.2) is 48.0 Å². The van der Waals surface area contributed by atoms with Crippen LogP contribution in [0.2, 0.25) is 0 Å². The third kappa shape index (κ3) is 3.91. The van der Waals surface area contributed by atoms with Crippen LogP contribution < -0.4 is 5.73 Å². The molecule has 1 aliphatic heterocycles. The molecule has 0 bridgehead atoms. The molecular weight excluding hydrogens is 256 g/mol. The summed E-state index contributed by atoms with van der Waals surface area (Å²) in [5.41, 5.74) is 5.68. The van der Waals surface area contributed by atoms with Gasteiger partial charge in [-0.25, -0.2) is 4.98 Å². The zero-order chi connectivity index (χ0) is 13.2. The summed E-state index contributed by atoms with van der Waals surface area (Å²) < 4.78 is 0. The predicted molar refractivity (Wildman–Crippen MR) is 80.1 cm³/mol. The van der Waals surface area contributed by atoms with Crippen molar-refractivity contribution in [2.75, 3.05) is 39.0 Å². The minimum Gasteiger partial charge on any atom is -0.375 e. The lowest BCUT2D eigenvalue weighted by Crippen LogP contribution is -2.29. The predicted octanol–water partition coefficient (Wildman–Crippen LogP) is 1.89. The van der Waals surface area contributed by atoms with Gasteiger partial charge < -0.3 is 10.6 Å². The van der Waals surface area contributed by atoms with Crippen LogP contribution in [0.5, 0.6) is 0 Å². The summed E-state index contributed by atoms with van der Waals surface area (Å²) in [6, 6.07) is 0. The Morgan fingerprint density at radius 2 is 2.16 bits per heavy atom. The second-order valence-corrected chi connectivity index (χ2v) is 7.37. The Bertz CT molecular complexity index is 415. The van der Waals surface area contributed by atoms with E-state index in [1.807, 2.05) is 6.20 Å². The summed E-state index contributed by atoms with van der Waals surface area (Å²) in [6.45, 7) is 6.05. The molecule has 0 radical (unpaired) electrons. The van der Waals surface area contributed by atoms with E-state index in [4.69, 9.17) is 5.73 Å². The number of thiazole rings is 1. The van der Waals surface area contributed by atoms with E-state index in [-0.39, 0.29) is 0 Å². The van der Waals surface area contributed by atoms with E-state index >= 15 is 0 Å². The number of hydrogen-bond acceptors (Lipinski definition) is 5. The molecule has 5 heteroatoms. The molecule has 4 nitrogen and oxygen atoms in total. The molecule has 1 aliphatic carbocycles. The van der Waals surface area contributed by atoms with Crippen LogP contribution in [0.1, 0.15) is 24.1 Å². The van der Waals surface area contributed by atoms with Gasteiger partial charge in [-0.2, -0.15) is 0 Å². The summed E-state index contributed by atoms with van der Waals surface area (Å²) in [6.07, 6.45) is 6.16. The number of anilines is 1. The maximum Gasteiger partial charge on any atom is 0.180 e. The van der Waals surface area contributed by atoms with Gasteiger partial charge >= 0.3 is 0 Å². The minimum absolute atomic E-state index is 0.690. The van der Waals surface area contributed by atoms with Crippen LogP contribution in [0.25, 0.3) is 0 Å². The van der Waals surface area contributed by atoms with Crippen LogP contribution in [0.15, 0.2) is 6.20 Å². The number of likely N-dealkylation sites (tertiary alicyclic amines) is 1. The molecule has 2 N–H and O–H groups in total. The first-order valence-electron chi connectivity index (χ1n) is 7.30. The molecule has 2 aliphatic rings.